The smallest absolute Gasteiger partial charge is 0.180 e. The normalized spacial score (nSPS) is 11.7. The van der Waals surface area contributed by atoms with Gasteiger partial charge in [0.2, 0.25) is 0 Å². The molecule has 0 aliphatic heterocycles. The number of hydrogen-bond donors (Lipinski definition) is 0. The van der Waals surface area contributed by atoms with Gasteiger partial charge in [0.1, 0.15) is 16.8 Å². The molecule has 10 rings (SSSR count). The Labute approximate surface area is 315 Å². The molecule has 4 heterocycles. The van der Waals surface area contributed by atoms with Crippen LogP contribution in [0.25, 0.3) is 98.8 Å². The molecule has 52 heavy (non-hydrogen) atoms. The predicted octanol–water partition coefficient (Wildman–Crippen LogP) is 13.3. The number of thiophene rings is 1. The van der Waals surface area contributed by atoms with Gasteiger partial charge in [0.25, 0.3) is 0 Å². The number of fused-ring (bicyclic) bond motifs is 6. The van der Waals surface area contributed by atoms with Crippen LogP contribution < -0.4 is 0 Å². The zero-order chi connectivity index (χ0) is 34.8. The minimum absolute atomic E-state index is 0.638. The molecular weight excluding hydrogens is 748 g/mol. The molecule has 0 N–H and O–H groups in total. The van der Waals surface area contributed by atoms with Crippen LogP contribution in [0.1, 0.15) is 0 Å². The fourth-order valence-corrected chi connectivity index (χ4v) is 8.49. The molecule has 0 aliphatic carbocycles. The fraction of sp³-hybridized carbons (Fsp3) is 0. The Balaban J connectivity index is 1.08. The SMILES string of the molecule is Clc1ccc2c(c1)sc1c(-c3cccc(-c4ccc(-c5nc(-c6ccccc6)c6oc7cc(Br)ccc7c6n5)cc4)c3)nc(-c3ccccc3)nc12. The topological polar surface area (TPSA) is 64.7 Å². The van der Waals surface area contributed by atoms with Gasteiger partial charge in [-0.25, -0.2) is 19.9 Å². The van der Waals surface area contributed by atoms with Gasteiger partial charge in [0.05, 0.1) is 15.9 Å². The largest absolute Gasteiger partial charge is 0.452 e. The van der Waals surface area contributed by atoms with Crippen LogP contribution in [0.5, 0.6) is 0 Å². The van der Waals surface area contributed by atoms with Crippen LogP contribution in [0.3, 0.4) is 0 Å². The van der Waals surface area contributed by atoms with Gasteiger partial charge >= 0.3 is 0 Å². The van der Waals surface area contributed by atoms with Gasteiger partial charge in [-0.3, -0.25) is 0 Å². The second kappa shape index (κ2) is 12.5. The van der Waals surface area contributed by atoms with Crippen molar-refractivity contribution >= 4 is 81.2 Å². The van der Waals surface area contributed by atoms with E-state index < -0.39 is 0 Å². The summed E-state index contributed by atoms with van der Waals surface area (Å²) < 4.78 is 9.41. The summed E-state index contributed by atoms with van der Waals surface area (Å²) in [6, 6.07) is 49.2. The summed E-state index contributed by atoms with van der Waals surface area (Å²) in [6.07, 6.45) is 0. The number of furan rings is 1. The van der Waals surface area contributed by atoms with E-state index in [1.54, 1.807) is 11.3 Å². The second-order valence-electron chi connectivity index (χ2n) is 12.5. The van der Waals surface area contributed by atoms with Crippen LogP contribution in [0, 0.1) is 0 Å². The molecule has 0 bridgehead atoms. The summed E-state index contributed by atoms with van der Waals surface area (Å²) >= 11 is 11.7. The van der Waals surface area contributed by atoms with E-state index >= 15 is 0 Å². The molecule has 6 aromatic carbocycles. The Morgan fingerprint density at radius 3 is 1.92 bits per heavy atom. The first-order chi connectivity index (χ1) is 25.6. The summed E-state index contributed by atoms with van der Waals surface area (Å²) in [7, 11) is 0. The summed E-state index contributed by atoms with van der Waals surface area (Å²) in [5.41, 5.74) is 10.8. The average molecular weight is 772 g/mol. The van der Waals surface area contributed by atoms with Crippen LogP contribution in [0.4, 0.5) is 0 Å². The highest BCUT2D eigenvalue weighted by Crippen LogP contribution is 2.41. The van der Waals surface area contributed by atoms with Crippen molar-refractivity contribution in [2.45, 2.75) is 0 Å². The van der Waals surface area contributed by atoms with Gasteiger partial charge in [0, 0.05) is 47.2 Å². The van der Waals surface area contributed by atoms with Gasteiger partial charge in [-0.05, 0) is 53.6 Å². The van der Waals surface area contributed by atoms with Crippen LogP contribution >= 0.6 is 38.9 Å². The van der Waals surface area contributed by atoms with E-state index in [0.29, 0.717) is 22.3 Å². The van der Waals surface area contributed by atoms with Gasteiger partial charge in [-0.1, -0.05) is 131 Å². The number of aromatic nitrogens is 4. The van der Waals surface area contributed by atoms with E-state index in [4.69, 9.17) is 36.0 Å². The Kier molecular flexibility index (Phi) is 7.46. The van der Waals surface area contributed by atoms with E-state index in [-0.39, 0.29) is 0 Å². The lowest BCUT2D eigenvalue weighted by molar-refractivity contribution is 0.667. The summed E-state index contributed by atoms with van der Waals surface area (Å²) in [6.45, 7) is 0. The maximum Gasteiger partial charge on any atom is 0.180 e. The van der Waals surface area contributed by atoms with Crippen LogP contribution in [0.15, 0.2) is 154 Å². The summed E-state index contributed by atoms with van der Waals surface area (Å²) in [4.78, 5) is 20.3. The Morgan fingerprint density at radius 2 is 1.13 bits per heavy atom. The van der Waals surface area contributed by atoms with E-state index in [1.807, 2.05) is 91.0 Å². The molecule has 0 atom stereocenters. The molecule has 4 aromatic heterocycles. The number of nitrogens with zero attached hydrogens (tertiary/aromatic N) is 4. The first-order valence-electron chi connectivity index (χ1n) is 16.7. The monoisotopic (exact) mass is 770 g/mol. The molecule has 8 heteroatoms. The highest BCUT2D eigenvalue weighted by molar-refractivity contribution is 9.10. The van der Waals surface area contributed by atoms with Crippen LogP contribution in [-0.4, -0.2) is 19.9 Å². The minimum Gasteiger partial charge on any atom is -0.452 e. The highest BCUT2D eigenvalue weighted by Gasteiger charge is 2.20. The van der Waals surface area contributed by atoms with E-state index in [0.717, 1.165) is 86.0 Å². The van der Waals surface area contributed by atoms with Gasteiger partial charge in [-0.15, -0.1) is 11.3 Å². The van der Waals surface area contributed by atoms with Gasteiger partial charge in [0.15, 0.2) is 17.2 Å². The van der Waals surface area contributed by atoms with Crippen LogP contribution in [0.2, 0.25) is 5.02 Å². The van der Waals surface area contributed by atoms with Crippen molar-refractivity contribution in [3.05, 3.63) is 155 Å². The minimum atomic E-state index is 0.638. The van der Waals surface area contributed by atoms with Crippen molar-refractivity contribution < 1.29 is 4.42 Å². The van der Waals surface area contributed by atoms with E-state index in [1.165, 1.54) is 0 Å². The molecule has 0 amide bonds. The molecule has 246 valence electrons. The second-order valence-corrected chi connectivity index (χ2v) is 14.9. The maximum absolute atomic E-state index is 6.41. The molecule has 10 aromatic rings. The molecule has 5 nitrogen and oxygen atoms in total. The molecule has 0 aliphatic rings. The van der Waals surface area contributed by atoms with E-state index in [9.17, 15) is 0 Å². The predicted molar refractivity (Wildman–Crippen MR) is 218 cm³/mol. The third-order valence-electron chi connectivity index (χ3n) is 9.24. The van der Waals surface area contributed by atoms with Gasteiger partial charge in [-0.2, -0.15) is 0 Å². The fourth-order valence-electron chi connectivity index (χ4n) is 6.72. The third-order valence-corrected chi connectivity index (χ3v) is 11.1. The molecule has 0 fully saturated rings. The molecule has 0 radical (unpaired) electrons. The first-order valence-corrected chi connectivity index (χ1v) is 18.7. The average Bonchev–Trinajstić information content (AvgIpc) is 3.75. The lowest BCUT2D eigenvalue weighted by Crippen LogP contribution is -1.94. The lowest BCUT2D eigenvalue weighted by Gasteiger charge is -2.10. The molecular formula is C44H24BrClN4OS. The first kappa shape index (κ1) is 31.0. The highest BCUT2D eigenvalue weighted by atomic mass is 79.9. The van der Waals surface area contributed by atoms with Crippen molar-refractivity contribution in [2.24, 2.45) is 0 Å². The van der Waals surface area contributed by atoms with Crippen molar-refractivity contribution in [3.8, 4) is 56.4 Å². The molecule has 0 spiro atoms. The Hall–Kier alpha value is -5.73. The van der Waals surface area contributed by atoms with Crippen molar-refractivity contribution in [1.29, 1.82) is 0 Å². The summed E-state index contributed by atoms with van der Waals surface area (Å²) in [5.74, 6) is 1.33. The lowest BCUT2D eigenvalue weighted by atomic mass is 10.00. The number of benzene rings is 6. The zero-order valence-electron chi connectivity index (χ0n) is 27.2. The standard InChI is InChI=1S/C44H24BrClN4OS/c45-31-18-20-33-35(23-31)51-41-37(26-8-3-1-4-9-26)47-44(49-39(33)41)28-16-14-25(15-17-28)29-12-7-13-30(22-29)38-42-40(34-21-19-32(46)24-36(34)52-42)50-43(48-38)27-10-5-2-6-11-27/h1-24H. The Morgan fingerprint density at radius 1 is 0.500 bits per heavy atom. The molecule has 0 saturated heterocycles. The maximum atomic E-state index is 6.41. The Bertz CT molecular complexity index is 2980. The quantitative estimate of drug-likeness (QED) is 0.174. The van der Waals surface area contributed by atoms with Gasteiger partial charge < -0.3 is 4.42 Å². The summed E-state index contributed by atoms with van der Waals surface area (Å²) in [5, 5.41) is 2.72. The number of halogens is 2. The molecule has 0 unspecified atom stereocenters. The number of hydrogen-bond acceptors (Lipinski definition) is 6. The van der Waals surface area contributed by atoms with E-state index in [2.05, 4.69) is 70.5 Å². The molecule has 0 saturated carbocycles. The van der Waals surface area contributed by atoms with Crippen molar-refractivity contribution in [3.63, 3.8) is 0 Å². The number of rotatable bonds is 5. The third kappa shape index (κ3) is 5.37. The van der Waals surface area contributed by atoms with Crippen LogP contribution in [-0.2, 0) is 0 Å². The van der Waals surface area contributed by atoms with Crippen molar-refractivity contribution in [1.82, 2.24) is 19.9 Å². The zero-order valence-corrected chi connectivity index (χ0v) is 30.4. The van der Waals surface area contributed by atoms with Crippen molar-refractivity contribution in [2.75, 3.05) is 0 Å².